The van der Waals surface area contributed by atoms with E-state index in [-0.39, 0.29) is 12.0 Å². The molecule has 1 aromatic heterocycles. The molecule has 0 saturated heterocycles. The summed E-state index contributed by atoms with van der Waals surface area (Å²) in [6.07, 6.45) is 5.28. The lowest BCUT2D eigenvalue weighted by atomic mass is 9.98. The molecule has 7 heteroatoms. The van der Waals surface area contributed by atoms with Gasteiger partial charge in [-0.2, -0.15) is 0 Å². The van der Waals surface area contributed by atoms with Crippen LogP contribution >= 0.6 is 0 Å². The van der Waals surface area contributed by atoms with Crippen LogP contribution in [0.3, 0.4) is 0 Å². The van der Waals surface area contributed by atoms with Crippen molar-refractivity contribution in [1.82, 2.24) is 14.9 Å². The summed E-state index contributed by atoms with van der Waals surface area (Å²) in [5, 5.41) is 2.62. The zero-order chi connectivity index (χ0) is 21.0. The number of rotatable bonds is 3. The molecular formula is C22H28N4O3. The molecule has 0 saturated carbocycles. The van der Waals surface area contributed by atoms with Crippen LogP contribution in [0.5, 0.6) is 0 Å². The van der Waals surface area contributed by atoms with Crippen molar-refractivity contribution >= 4 is 17.8 Å². The molecule has 2 heterocycles. The second kappa shape index (κ2) is 8.59. The second-order valence-corrected chi connectivity index (χ2v) is 8.32. The molecule has 1 N–H and O–H groups in total. The summed E-state index contributed by atoms with van der Waals surface area (Å²) in [5.74, 6) is 0.281. The van der Waals surface area contributed by atoms with E-state index in [9.17, 15) is 9.59 Å². The average molecular weight is 396 g/mol. The minimum absolute atomic E-state index is 0.168. The first-order valence-corrected chi connectivity index (χ1v) is 9.87. The van der Waals surface area contributed by atoms with Crippen LogP contribution in [-0.4, -0.2) is 45.6 Å². The summed E-state index contributed by atoms with van der Waals surface area (Å²) in [4.78, 5) is 33.9. The van der Waals surface area contributed by atoms with Crippen molar-refractivity contribution in [2.45, 2.75) is 52.6 Å². The number of fused-ring (bicyclic) bond motifs is 1. The summed E-state index contributed by atoms with van der Waals surface area (Å²) < 4.78 is 5.51. The van der Waals surface area contributed by atoms with Crippen LogP contribution in [0.25, 0.3) is 0 Å². The molecule has 154 valence electrons. The molecular weight excluding hydrogens is 368 g/mol. The SMILES string of the molecule is CC(=O)Nc1cnc(Cc2ccc3c(c2)CCN(C(=O)OC(C)(C)C)CC3)cn1. The molecule has 2 aromatic rings. The van der Waals surface area contributed by atoms with Gasteiger partial charge in [0.05, 0.1) is 18.1 Å². The molecule has 0 unspecified atom stereocenters. The van der Waals surface area contributed by atoms with Crippen LogP contribution in [0.1, 0.15) is 50.1 Å². The number of carbonyl (C=O) groups excluding carboxylic acids is 2. The normalized spacial score (nSPS) is 14.0. The highest BCUT2D eigenvalue weighted by Gasteiger charge is 2.24. The number of benzene rings is 1. The van der Waals surface area contributed by atoms with Crippen molar-refractivity contribution in [3.05, 3.63) is 53.0 Å². The number of nitrogens with zero attached hydrogens (tertiary/aromatic N) is 3. The Kier molecular flexibility index (Phi) is 6.15. The lowest BCUT2D eigenvalue weighted by Crippen LogP contribution is -2.38. The highest BCUT2D eigenvalue weighted by molar-refractivity contribution is 5.87. The van der Waals surface area contributed by atoms with Crippen molar-refractivity contribution in [2.24, 2.45) is 0 Å². The van der Waals surface area contributed by atoms with Gasteiger partial charge in [-0.25, -0.2) is 9.78 Å². The van der Waals surface area contributed by atoms with E-state index in [2.05, 4.69) is 33.5 Å². The van der Waals surface area contributed by atoms with Crippen LogP contribution in [0.15, 0.2) is 30.6 Å². The number of carbonyl (C=O) groups is 2. The molecule has 2 amide bonds. The van der Waals surface area contributed by atoms with E-state index >= 15 is 0 Å². The Labute approximate surface area is 171 Å². The van der Waals surface area contributed by atoms with Crippen molar-refractivity contribution in [3.8, 4) is 0 Å². The van der Waals surface area contributed by atoms with Gasteiger partial charge >= 0.3 is 6.09 Å². The maximum atomic E-state index is 12.4. The fraction of sp³-hybridized carbons (Fsp3) is 0.455. The first-order chi connectivity index (χ1) is 13.7. The van der Waals surface area contributed by atoms with E-state index in [0.29, 0.717) is 25.3 Å². The zero-order valence-electron chi connectivity index (χ0n) is 17.5. The zero-order valence-corrected chi connectivity index (χ0v) is 17.5. The molecule has 0 radical (unpaired) electrons. The number of nitrogens with one attached hydrogen (secondary N) is 1. The maximum absolute atomic E-state index is 12.4. The smallest absolute Gasteiger partial charge is 0.410 e. The van der Waals surface area contributed by atoms with Crippen molar-refractivity contribution in [1.29, 1.82) is 0 Å². The number of amides is 2. The van der Waals surface area contributed by atoms with E-state index in [0.717, 1.165) is 24.1 Å². The van der Waals surface area contributed by atoms with Gasteiger partial charge in [0.2, 0.25) is 5.91 Å². The number of anilines is 1. The van der Waals surface area contributed by atoms with E-state index in [1.165, 1.54) is 18.1 Å². The molecule has 0 aliphatic carbocycles. The lowest BCUT2D eigenvalue weighted by Gasteiger charge is -2.26. The fourth-order valence-electron chi connectivity index (χ4n) is 3.30. The van der Waals surface area contributed by atoms with Gasteiger partial charge in [0.15, 0.2) is 5.82 Å². The van der Waals surface area contributed by atoms with Crippen LogP contribution in [0.4, 0.5) is 10.6 Å². The largest absolute Gasteiger partial charge is 0.444 e. The van der Waals surface area contributed by atoms with Gasteiger partial charge in [0, 0.05) is 26.4 Å². The van der Waals surface area contributed by atoms with Crippen LogP contribution in [0, 0.1) is 0 Å². The molecule has 0 bridgehead atoms. The Balaban J connectivity index is 1.65. The third kappa shape index (κ3) is 6.01. The monoisotopic (exact) mass is 396 g/mol. The van der Waals surface area contributed by atoms with Crippen LogP contribution in [-0.2, 0) is 28.8 Å². The van der Waals surface area contributed by atoms with Gasteiger partial charge in [-0.15, -0.1) is 0 Å². The molecule has 1 aromatic carbocycles. The summed E-state index contributed by atoms with van der Waals surface area (Å²) in [6.45, 7) is 8.41. The Morgan fingerprint density at radius 2 is 1.83 bits per heavy atom. The summed E-state index contributed by atoms with van der Waals surface area (Å²) in [7, 11) is 0. The van der Waals surface area contributed by atoms with Crippen LogP contribution < -0.4 is 5.32 Å². The highest BCUT2D eigenvalue weighted by atomic mass is 16.6. The minimum Gasteiger partial charge on any atom is -0.444 e. The Morgan fingerprint density at radius 1 is 1.10 bits per heavy atom. The molecule has 3 rings (SSSR count). The molecule has 0 spiro atoms. The van der Waals surface area contributed by atoms with Crippen molar-refractivity contribution < 1.29 is 14.3 Å². The van der Waals surface area contributed by atoms with Gasteiger partial charge < -0.3 is 15.0 Å². The molecule has 29 heavy (non-hydrogen) atoms. The number of aromatic nitrogens is 2. The third-order valence-corrected chi connectivity index (χ3v) is 4.62. The Morgan fingerprint density at radius 3 is 2.45 bits per heavy atom. The summed E-state index contributed by atoms with van der Waals surface area (Å²) >= 11 is 0. The number of hydrogen-bond acceptors (Lipinski definition) is 5. The van der Waals surface area contributed by atoms with E-state index in [1.807, 2.05) is 20.8 Å². The topological polar surface area (TPSA) is 84.4 Å². The molecule has 0 atom stereocenters. The van der Waals surface area contributed by atoms with E-state index < -0.39 is 5.60 Å². The highest BCUT2D eigenvalue weighted by Crippen LogP contribution is 2.21. The predicted octanol–water partition coefficient (Wildman–Crippen LogP) is 3.36. The lowest BCUT2D eigenvalue weighted by molar-refractivity contribution is -0.114. The summed E-state index contributed by atoms with van der Waals surface area (Å²) in [5.41, 5.74) is 4.03. The third-order valence-electron chi connectivity index (χ3n) is 4.62. The van der Waals surface area contributed by atoms with E-state index in [1.54, 1.807) is 17.3 Å². The standard InChI is InChI=1S/C22H28N4O3/c1-15(27)25-20-14-23-19(13-24-20)12-16-5-6-17-7-9-26(10-8-18(17)11-16)21(28)29-22(2,3)4/h5-6,11,13-14H,7-10,12H2,1-4H3,(H,24,25,27). The molecule has 0 fully saturated rings. The second-order valence-electron chi connectivity index (χ2n) is 8.32. The molecule has 1 aliphatic heterocycles. The number of ether oxygens (including phenoxy) is 1. The van der Waals surface area contributed by atoms with Gasteiger partial charge in [-0.3, -0.25) is 9.78 Å². The van der Waals surface area contributed by atoms with Crippen molar-refractivity contribution in [3.63, 3.8) is 0 Å². The fourth-order valence-corrected chi connectivity index (χ4v) is 3.30. The Hall–Kier alpha value is -2.96. The average Bonchev–Trinajstić information content (AvgIpc) is 2.84. The van der Waals surface area contributed by atoms with Gasteiger partial charge in [0.25, 0.3) is 0 Å². The Bertz CT molecular complexity index is 888. The van der Waals surface area contributed by atoms with Gasteiger partial charge in [0.1, 0.15) is 5.60 Å². The predicted molar refractivity (Wildman–Crippen MR) is 111 cm³/mol. The quantitative estimate of drug-likeness (QED) is 0.860. The number of hydrogen-bond donors (Lipinski definition) is 1. The van der Waals surface area contributed by atoms with Gasteiger partial charge in [-0.05, 0) is 50.3 Å². The first kappa shape index (κ1) is 20.8. The van der Waals surface area contributed by atoms with Crippen LogP contribution in [0.2, 0.25) is 0 Å². The van der Waals surface area contributed by atoms with Crippen molar-refractivity contribution in [2.75, 3.05) is 18.4 Å². The molecule has 7 nitrogen and oxygen atoms in total. The van der Waals surface area contributed by atoms with E-state index in [4.69, 9.17) is 4.74 Å². The maximum Gasteiger partial charge on any atom is 0.410 e. The van der Waals surface area contributed by atoms with Gasteiger partial charge in [-0.1, -0.05) is 18.2 Å². The minimum atomic E-state index is -0.486. The summed E-state index contributed by atoms with van der Waals surface area (Å²) in [6, 6.07) is 6.44. The molecule has 1 aliphatic rings. The first-order valence-electron chi connectivity index (χ1n) is 9.87.